The van der Waals surface area contributed by atoms with Gasteiger partial charge in [-0.15, -0.1) is 0 Å². The molecule has 0 atom stereocenters. The minimum Gasteiger partial charge on any atom is -0.507 e. The average Bonchev–Trinajstić information content (AvgIpc) is 2.67. The van der Waals surface area contributed by atoms with Crippen molar-refractivity contribution in [1.82, 2.24) is 5.01 Å². The van der Waals surface area contributed by atoms with Crippen molar-refractivity contribution < 1.29 is 19.4 Å². The van der Waals surface area contributed by atoms with Crippen LogP contribution in [0.5, 0.6) is 5.75 Å². The van der Waals surface area contributed by atoms with E-state index in [0.717, 1.165) is 32.3 Å². The number of urea groups is 1. The van der Waals surface area contributed by atoms with Gasteiger partial charge >= 0.3 is 6.03 Å². The van der Waals surface area contributed by atoms with Gasteiger partial charge in [0, 0.05) is 24.3 Å². The Morgan fingerprint density at radius 2 is 1.77 bits per heavy atom. The van der Waals surface area contributed by atoms with Gasteiger partial charge < -0.3 is 9.84 Å². The first kappa shape index (κ1) is 22.9. The second-order valence-corrected chi connectivity index (χ2v) is 7.20. The van der Waals surface area contributed by atoms with Crippen LogP contribution in [0.15, 0.2) is 36.4 Å². The first-order chi connectivity index (χ1) is 14.0. The SMILES string of the molecule is CC(=O)C=C(O)c1cc(C)c(OCc2c(C)cccc2N(N)C(=O)N(C)N)cc1C. The maximum absolute atomic E-state index is 12.2. The first-order valence-corrected chi connectivity index (χ1v) is 9.34. The van der Waals surface area contributed by atoms with Crippen LogP contribution >= 0.6 is 0 Å². The number of ketones is 1. The zero-order valence-electron chi connectivity index (χ0n) is 17.9. The summed E-state index contributed by atoms with van der Waals surface area (Å²) in [5.41, 5.74) is 4.26. The molecule has 8 nitrogen and oxygen atoms in total. The second-order valence-electron chi connectivity index (χ2n) is 7.20. The molecule has 0 aliphatic rings. The number of hydrogen-bond donors (Lipinski definition) is 3. The van der Waals surface area contributed by atoms with Crippen molar-refractivity contribution in [2.24, 2.45) is 11.7 Å². The van der Waals surface area contributed by atoms with E-state index in [1.807, 2.05) is 26.8 Å². The van der Waals surface area contributed by atoms with Gasteiger partial charge in [-0.05, 0) is 62.6 Å². The van der Waals surface area contributed by atoms with Gasteiger partial charge in [0.15, 0.2) is 5.78 Å². The highest BCUT2D eigenvalue weighted by molar-refractivity contribution is 5.94. The molecule has 30 heavy (non-hydrogen) atoms. The fourth-order valence-corrected chi connectivity index (χ4v) is 3.01. The van der Waals surface area contributed by atoms with E-state index in [-0.39, 0.29) is 18.1 Å². The van der Waals surface area contributed by atoms with Crippen molar-refractivity contribution in [3.63, 3.8) is 0 Å². The number of rotatable bonds is 6. The molecule has 2 rings (SSSR count). The number of hydrogen-bond acceptors (Lipinski definition) is 6. The fourth-order valence-electron chi connectivity index (χ4n) is 3.01. The van der Waals surface area contributed by atoms with Gasteiger partial charge in [-0.3, -0.25) is 9.80 Å². The molecule has 0 bridgehead atoms. The van der Waals surface area contributed by atoms with E-state index in [0.29, 0.717) is 17.0 Å². The lowest BCUT2D eigenvalue weighted by Gasteiger charge is -2.24. The number of nitrogens with two attached hydrogens (primary N) is 2. The number of aryl methyl sites for hydroxylation is 3. The summed E-state index contributed by atoms with van der Waals surface area (Å²) in [7, 11) is 1.41. The van der Waals surface area contributed by atoms with Gasteiger partial charge in [0.25, 0.3) is 0 Å². The predicted octanol–water partition coefficient (Wildman–Crippen LogP) is 3.28. The summed E-state index contributed by atoms with van der Waals surface area (Å²) in [4.78, 5) is 23.4. The predicted molar refractivity (Wildman–Crippen MR) is 117 cm³/mol. The molecule has 0 aliphatic carbocycles. The lowest BCUT2D eigenvalue weighted by atomic mass is 10.0. The van der Waals surface area contributed by atoms with Crippen LogP contribution in [0.4, 0.5) is 10.5 Å². The molecule has 5 N–H and O–H groups in total. The largest absolute Gasteiger partial charge is 0.507 e. The van der Waals surface area contributed by atoms with Crippen molar-refractivity contribution in [2.45, 2.75) is 34.3 Å². The van der Waals surface area contributed by atoms with E-state index < -0.39 is 6.03 Å². The quantitative estimate of drug-likeness (QED) is 0.220. The molecule has 0 saturated carbocycles. The molecule has 0 saturated heterocycles. The van der Waals surface area contributed by atoms with Crippen LogP contribution in [0.1, 0.15) is 34.7 Å². The summed E-state index contributed by atoms with van der Waals surface area (Å²) in [5, 5.41) is 12.0. The van der Waals surface area contributed by atoms with Crippen LogP contribution in [-0.4, -0.2) is 29.0 Å². The monoisotopic (exact) mass is 412 g/mol. The molecule has 0 spiro atoms. The van der Waals surface area contributed by atoms with Crippen LogP contribution in [0.3, 0.4) is 0 Å². The Balaban J connectivity index is 2.33. The first-order valence-electron chi connectivity index (χ1n) is 9.34. The topological polar surface area (TPSA) is 122 Å². The van der Waals surface area contributed by atoms with Crippen molar-refractivity contribution in [3.8, 4) is 5.75 Å². The molecule has 0 aliphatic heterocycles. The lowest BCUT2D eigenvalue weighted by molar-refractivity contribution is -0.112. The third-order valence-electron chi connectivity index (χ3n) is 4.66. The minimum absolute atomic E-state index is 0.0842. The van der Waals surface area contributed by atoms with Crippen molar-refractivity contribution in [1.29, 1.82) is 0 Å². The molecule has 0 radical (unpaired) electrons. The number of carbonyl (C=O) groups excluding carboxylic acids is 2. The summed E-state index contributed by atoms with van der Waals surface area (Å²) in [6.45, 7) is 7.12. The number of amides is 2. The standard InChI is InChI=1S/C22H28N4O4/c1-13-7-6-8-19(26(24)22(29)25(5)23)18(13)12-30-21-10-14(2)17(9-15(21)3)20(28)11-16(4)27/h6-11,28H,12,23-24H2,1-5H3. The normalized spacial score (nSPS) is 11.2. The smallest absolute Gasteiger partial charge is 0.352 e. The van der Waals surface area contributed by atoms with Crippen molar-refractivity contribution >= 4 is 23.3 Å². The van der Waals surface area contributed by atoms with E-state index in [1.54, 1.807) is 24.3 Å². The maximum atomic E-state index is 12.2. The molecule has 2 aromatic rings. The van der Waals surface area contributed by atoms with Crippen LogP contribution in [0.2, 0.25) is 0 Å². The highest BCUT2D eigenvalue weighted by Gasteiger charge is 2.19. The second kappa shape index (κ2) is 9.43. The number of nitrogens with zero attached hydrogens (tertiary/aromatic N) is 2. The summed E-state index contributed by atoms with van der Waals surface area (Å²) in [6.07, 6.45) is 1.18. The minimum atomic E-state index is -0.564. The number of benzene rings is 2. The van der Waals surface area contributed by atoms with E-state index in [4.69, 9.17) is 16.4 Å². The molecule has 0 fully saturated rings. The Hall–Kier alpha value is -3.36. The van der Waals surface area contributed by atoms with E-state index in [2.05, 4.69) is 0 Å². The third kappa shape index (κ3) is 5.16. The number of ether oxygens (including phenoxy) is 1. The van der Waals surface area contributed by atoms with Crippen LogP contribution < -0.4 is 21.4 Å². The zero-order chi connectivity index (χ0) is 22.6. The van der Waals surface area contributed by atoms with Crippen LogP contribution in [-0.2, 0) is 11.4 Å². The summed E-state index contributed by atoms with van der Waals surface area (Å²) < 4.78 is 6.02. The number of anilines is 1. The Labute approximate surface area is 176 Å². The van der Waals surface area contributed by atoms with Crippen molar-refractivity contribution in [2.75, 3.05) is 12.1 Å². The fraction of sp³-hybridized carbons (Fsp3) is 0.273. The molecule has 160 valence electrons. The zero-order valence-corrected chi connectivity index (χ0v) is 17.9. The Morgan fingerprint density at radius 1 is 1.10 bits per heavy atom. The highest BCUT2D eigenvalue weighted by atomic mass is 16.5. The van der Waals surface area contributed by atoms with E-state index in [1.165, 1.54) is 20.0 Å². The maximum Gasteiger partial charge on any atom is 0.352 e. The van der Waals surface area contributed by atoms with Gasteiger partial charge in [-0.1, -0.05) is 12.1 Å². The van der Waals surface area contributed by atoms with E-state index in [9.17, 15) is 14.7 Å². The number of hydrazine groups is 2. The van der Waals surface area contributed by atoms with Gasteiger partial charge in [-0.2, -0.15) is 0 Å². The number of carbonyl (C=O) groups is 2. The molecule has 8 heteroatoms. The summed E-state index contributed by atoms with van der Waals surface area (Å²) in [6, 6.07) is 8.42. The lowest BCUT2D eigenvalue weighted by Crippen LogP contribution is -2.49. The van der Waals surface area contributed by atoms with Crippen LogP contribution in [0, 0.1) is 20.8 Å². The third-order valence-corrected chi connectivity index (χ3v) is 4.66. The van der Waals surface area contributed by atoms with Gasteiger partial charge in [0.1, 0.15) is 18.1 Å². The summed E-state index contributed by atoms with van der Waals surface area (Å²) >= 11 is 0. The molecular formula is C22H28N4O4. The van der Waals surface area contributed by atoms with E-state index >= 15 is 0 Å². The average molecular weight is 412 g/mol. The molecule has 0 aromatic heterocycles. The Kier molecular flexibility index (Phi) is 7.20. The van der Waals surface area contributed by atoms with Gasteiger partial charge in [0.05, 0.1) is 5.69 Å². The highest BCUT2D eigenvalue weighted by Crippen LogP contribution is 2.29. The molecular weight excluding hydrogens is 384 g/mol. The van der Waals surface area contributed by atoms with Crippen LogP contribution in [0.25, 0.3) is 5.76 Å². The van der Waals surface area contributed by atoms with Crippen molar-refractivity contribution in [3.05, 3.63) is 64.2 Å². The summed E-state index contributed by atoms with van der Waals surface area (Å²) in [5.74, 6) is 11.8. The Bertz CT molecular complexity index is 999. The molecule has 0 unspecified atom stereocenters. The molecule has 0 heterocycles. The molecule has 2 aromatic carbocycles. The van der Waals surface area contributed by atoms with Gasteiger partial charge in [-0.25, -0.2) is 21.5 Å². The Morgan fingerprint density at radius 3 is 2.37 bits per heavy atom. The number of aliphatic hydroxyl groups excluding tert-OH is 1. The van der Waals surface area contributed by atoms with Gasteiger partial charge in [0.2, 0.25) is 0 Å². The molecule has 2 amide bonds. The number of aliphatic hydroxyl groups is 1. The number of allylic oxidation sites excluding steroid dienone is 1.